The Kier molecular flexibility index (Phi) is 3.17. The summed E-state index contributed by atoms with van der Waals surface area (Å²) in [6, 6.07) is 15.2. The Morgan fingerprint density at radius 2 is 1.89 bits per heavy atom. The number of nitrogens with zero attached hydrogens (tertiary/aromatic N) is 1. The van der Waals surface area contributed by atoms with E-state index in [0.29, 0.717) is 23.2 Å². The lowest BCUT2D eigenvalue weighted by molar-refractivity contribution is 0.454. The lowest BCUT2D eigenvalue weighted by atomic mass is 10.1. The molecule has 0 atom stereocenters. The van der Waals surface area contributed by atoms with E-state index < -0.39 is 0 Å². The van der Waals surface area contributed by atoms with E-state index in [9.17, 15) is 4.79 Å². The summed E-state index contributed by atoms with van der Waals surface area (Å²) < 4.78 is 6.10. The molecule has 94 valence electrons. The minimum absolute atomic E-state index is 0.350. The molecule has 3 nitrogen and oxygen atoms in total. The minimum atomic E-state index is -0.350. The summed E-state index contributed by atoms with van der Waals surface area (Å²) in [6.07, 6.45) is 0.516. The van der Waals surface area contributed by atoms with Gasteiger partial charge in [0.1, 0.15) is 0 Å². The van der Waals surface area contributed by atoms with Crippen LogP contribution in [0.15, 0.2) is 62.2 Å². The van der Waals surface area contributed by atoms with E-state index in [-0.39, 0.29) is 5.63 Å². The van der Waals surface area contributed by atoms with Gasteiger partial charge >= 0.3 is 5.63 Å². The highest BCUT2D eigenvalue weighted by atomic mass is 79.9. The van der Waals surface area contributed by atoms with Crippen LogP contribution in [0, 0.1) is 0 Å². The first kappa shape index (κ1) is 12.1. The molecule has 0 aliphatic heterocycles. The number of hydrogen-bond acceptors (Lipinski definition) is 3. The third-order valence-electron chi connectivity index (χ3n) is 2.83. The van der Waals surface area contributed by atoms with E-state index in [1.54, 1.807) is 6.07 Å². The van der Waals surface area contributed by atoms with Gasteiger partial charge in [0, 0.05) is 10.9 Å². The fourth-order valence-electron chi connectivity index (χ4n) is 1.93. The smallest absolute Gasteiger partial charge is 0.346 e. The minimum Gasteiger partial charge on any atom is -0.408 e. The first-order valence-corrected chi connectivity index (χ1v) is 6.65. The Balaban J connectivity index is 2.07. The van der Waals surface area contributed by atoms with Gasteiger partial charge < -0.3 is 4.42 Å². The van der Waals surface area contributed by atoms with Crippen molar-refractivity contribution in [2.45, 2.75) is 6.42 Å². The SMILES string of the molecule is O=c1oc(Cc2ccccc2)nc2ccc(Br)cc12. The van der Waals surface area contributed by atoms with E-state index in [2.05, 4.69) is 20.9 Å². The molecule has 0 saturated heterocycles. The van der Waals surface area contributed by atoms with Crippen LogP contribution >= 0.6 is 15.9 Å². The Labute approximate surface area is 118 Å². The average molecular weight is 316 g/mol. The molecule has 0 aliphatic rings. The number of hydrogen-bond donors (Lipinski definition) is 0. The molecule has 4 heteroatoms. The lowest BCUT2D eigenvalue weighted by Gasteiger charge is -2.02. The van der Waals surface area contributed by atoms with Crippen molar-refractivity contribution in [3.05, 3.63) is 74.9 Å². The van der Waals surface area contributed by atoms with E-state index in [1.165, 1.54) is 0 Å². The zero-order valence-electron chi connectivity index (χ0n) is 9.97. The molecule has 0 unspecified atom stereocenters. The average Bonchev–Trinajstić information content (AvgIpc) is 2.41. The molecular formula is C15H10BrNO2. The van der Waals surface area contributed by atoms with Crippen LogP contribution in [0.25, 0.3) is 10.9 Å². The molecule has 0 radical (unpaired) electrons. The Hall–Kier alpha value is -1.94. The van der Waals surface area contributed by atoms with Gasteiger partial charge in [0.2, 0.25) is 5.89 Å². The highest BCUT2D eigenvalue weighted by Crippen LogP contribution is 2.16. The molecule has 1 heterocycles. The molecule has 0 bridgehead atoms. The zero-order valence-corrected chi connectivity index (χ0v) is 11.6. The van der Waals surface area contributed by atoms with Gasteiger partial charge in [-0.15, -0.1) is 0 Å². The first-order valence-electron chi connectivity index (χ1n) is 5.85. The van der Waals surface area contributed by atoms with Gasteiger partial charge in [-0.25, -0.2) is 9.78 Å². The van der Waals surface area contributed by atoms with Crippen LogP contribution in [0.3, 0.4) is 0 Å². The van der Waals surface area contributed by atoms with Crippen LogP contribution < -0.4 is 5.63 Å². The number of rotatable bonds is 2. The van der Waals surface area contributed by atoms with Crippen LogP contribution in [-0.2, 0) is 6.42 Å². The maximum atomic E-state index is 11.9. The first-order chi connectivity index (χ1) is 9.22. The lowest BCUT2D eigenvalue weighted by Crippen LogP contribution is -2.05. The third kappa shape index (κ3) is 2.58. The maximum Gasteiger partial charge on any atom is 0.346 e. The van der Waals surface area contributed by atoms with Crippen molar-refractivity contribution in [2.24, 2.45) is 0 Å². The standard InChI is InChI=1S/C15H10BrNO2/c16-11-6-7-13-12(9-11)15(18)19-14(17-13)8-10-4-2-1-3-5-10/h1-7,9H,8H2. The molecule has 1 aromatic heterocycles. The number of benzene rings is 2. The summed E-state index contributed by atoms with van der Waals surface area (Å²) >= 11 is 3.33. The van der Waals surface area contributed by atoms with E-state index >= 15 is 0 Å². The van der Waals surface area contributed by atoms with Gasteiger partial charge in [0.05, 0.1) is 10.9 Å². The van der Waals surface area contributed by atoms with Crippen molar-refractivity contribution >= 4 is 26.8 Å². The summed E-state index contributed by atoms with van der Waals surface area (Å²) in [5, 5.41) is 0.492. The van der Waals surface area contributed by atoms with Crippen molar-refractivity contribution in [1.82, 2.24) is 4.98 Å². The van der Waals surface area contributed by atoms with Crippen LogP contribution in [0.5, 0.6) is 0 Å². The molecule has 0 saturated carbocycles. The van der Waals surface area contributed by atoms with Crippen molar-refractivity contribution in [3.8, 4) is 0 Å². The maximum absolute atomic E-state index is 11.9. The van der Waals surface area contributed by atoms with Crippen LogP contribution in [0.1, 0.15) is 11.5 Å². The van der Waals surface area contributed by atoms with E-state index in [0.717, 1.165) is 10.0 Å². The van der Waals surface area contributed by atoms with Gasteiger partial charge in [-0.1, -0.05) is 46.3 Å². The second-order valence-corrected chi connectivity index (χ2v) is 5.13. The normalized spacial score (nSPS) is 10.8. The largest absolute Gasteiger partial charge is 0.408 e. The fourth-order valence-corrected chi connectivity index (χ4v) is 2.30. The molecule has 0 aliphatic carbocycles. The number of fused-ring (bicyclic) bond motifs is 1. The Bertz CT molecular complexity index is 781. The molecule has 0 spiro atoms. The molecular weight excluding hydrogens is 306 g/mol. The van der Waals surface area contributed by atoms with Crippen LogP contribution in [0.4, 0.5) is 0 Å². The summed E-state index contributed by atoms with van der Waals surface area (Å²) in [4.78, 5) is 16.3. The fraction of sp³-hybridized carbons (Fsp3) is 0.0667. The van der Waals surface area contributed by atoms with Crippen molar-refractivity contribution in [2.75, 3.05) is 0 Å². The van der Waals surface area contributed by atoms with Crippen LogP contribution in [-0.4, -0.2) is 4.98 Å². The van der Waals surface area contributed by atoms with Gasteiger partial charge in [0.15, 0.2) is 0 Å². The zero-order chi connectivity index (χ0) is 13.2. The molecule has 0 amide bonds. The molecule has 0 fully saturated rings. The third-order valence-corrected chi connectivity index (χ3v) is 3.33. The molecule has 3 rings (SSSR count). The summed E-state index contributed by atoms with van der Waals surface area (Å²) in [5.74, 6) is 0.436. The van der Waals surface area contributed by atoms with Gasteiger partial charge in [-0.3, -0.25) is 0 Å². The predicted molar refractivity (Wildman–Crippen MR) is 77.2 cm³/mol. The van der Waals surface area contributed by atoms with Gasteiger partial charge in [0.25, 0.3) is 0 Å². The summed E-state index contributed by atoms with van der Waals surface area (Å²) in [5.41, 5.74) is 1.37. The molecule has 0 N–H and O–H groups in total. The monoisotopic (exact) mass is 315 g/mol. The quantitative estimate of drug-likeness (QED) is 0.726. The Morgan fingerprint density at radius 3 is 2.68 bits per heavy atom. The van der Waals surface area contributed by atoms with Gasteiger partial charge in [-0.2, -0.15) is 0 Å². The van der Waals surface area contributed by atoms with Crippen LogP contribution in [0.2, 0.25) is 0 Å². The molecule has 19 heavy (non-hydrogen) atoms. The van der Waals surface area contributed by atoms with Crippen molar-refractivity contribution < 1.29 is 4.42 Å². The number of aromatic nitrogens is 1. The molecule has 3 aromatic rings. The summed E-state index contributed by atoms with van der Waals surface area (Å²) in [6.45, 7) is 0. The molecule has 2 aromatic carbocycles. The number of halogens is 1. The topological polar surface area (TPSA) is 43.1 Å². The highest BCUT2D eigenvalue weighted by Gasteiger charge is 2.07. The summed E-state index contributed by atoms with van der Waals surface area (Å²) in [7, 11) is 0. The predicted octanol–water partition coefficient (Wildman–Crippen LogP) is 3.54. The van der Waals surface area contributed by atoms with E-state index in [1.807, 2.05) is 42.5 Å². The highest BCUT2D eigenvalue weighted by molar-refractivity contribution is 9.10. The second kappa shape index (κ2) is 4.97. The van der Waals surface area contributed by atoms with E-state index in [4.69, 9.17) is 4.42 Å². The van der Waals surface area contributed by atoms with Crippen molar-refractivity contribution in [3.63, 3.8) is 0 Å². The van der Waals surface area contributed by atoms with Gasteiger partial charge in [-0.05, 0) is 23.8 Å². The Morgan fingerprint density at radius 1 is 1.11 bits per heavy atom. The second-order valence-electron chi connectivity index (χ2n) is 4.22. The van der Waals surface area contributed by atoms with Crippen molar-refractivity contribution in [1.29, 1.82) is 0 Å².